The summed E-state index contributed by atoms with van der Waals surface area (Å²) >= 11 is 0. The molecule has 1 aliphatic heterocycles. The molecule has 3 aromatic rings. The van der Waals surface area contributed by atoms with Crippen LogP contribution in [-0.4, -0.2) is 57.6 Å². The molecule has 0 unspecified atom stereocenters. The van der Waals surface area contributed by atoms with Crippen molar-refractivity contribution >= 4 is 11.5 Å². The number of phenolic OH excluding ortho intramolecular Hbond substituents is 1. The van der Waals surface area contributed by atoms with Gasteiger partial charge in [-0.25, -0.2) is 14.5 Å². The summed E-state index contributed by atoms with van der Waals surface area (Å²) in [5.41, 5.74) is 2.67. The molecule has 2 aromatic heterocycles. The molecule has 7 nitrogen and oxygen atoms in total. The van der Waals surface area contributed by atoms with E-state index in [0.29, 0.717) is 0 Å². The van der Waals surface area contributed by atoms with E-state index in [9.17, 15) is 5.11 Å². The molecule has 0 atom stereocenters. The molecule has 0 saturated carbocycles. The fourth-order valence-electron chi connectivity index (χ4n) is 3.24. The van der Waals surface area contributed by atoms with E-state index in [-0.39, 0.29) is 5.75 Å². The molecule has 3 heterocycles. The van der Waals surface area contributed by atoms with Crippen LogP contribution in [0.2, 0.25) is 0 Å². The van der Waals surface area contributed by atoms with Gasteiger partial charge in [0.25, 0.3) is 0 Å². The average molecular weight is 353 g/mol. The number of hydrogen-bond donors (Lipinski definition) is 1. The number of fused-ring (bicyclic) bond motifs is 1. The second-order valence-corrected chi connectivity index (χ2v) is 6.34. The number of benzene rings is 1. The number of anilines is 1. The lowest BCUT2D eigenvalue weighted by atomic mass is 10.2. The van der Waals surface area contributed by atoms with Crippen LogP contribution in [0.25, 0.3) is 16.9 Å². The van der Waals surface area contributed by atoms with Gasteiger partial charge in [-0.1, -0.05) is 6.92 Å². The number of nitrogens with zero attached hydrogens (tertiary/aromatic N) is 5. The van der Waals surface area contributed by atoms with Gasteiger partial charge in [0.1, 0.15) is 5.75 Å². The van der Waals surface area contributed by atoms with Crippen LogP contribution < -0.4 is 5.01 Å². The molecule has 136 valence electrons. The quantitative estimate of drug-likeness (QED) is 0.760. The highest BCUT2D eigenvalue weighted by atomic mass is 16.5. The first kappa shape index (κ1) is 16.8. The Hall–Kier alpha value is -2.64. The van der Waals surface area contributed by atoms with Crippen molar-refractivity contribution in [2.75, 3.05) is 37.9 Å². The van der Waals surface area contributed by atoms with E-state index in [2.05, 4.69) is 21.9 Å². The first-order valence-electron chi connectivity index (χ1n) is 9.00. The number of imidazole rings is 1. The SMILES string of the molecule is CCCN(c1ccc2ncc(-c3ccc(O)cc3)n2n1)N1CCOCC1. The molecule has 7 heteroatoms. The fourth-order valence-corrected chi connectivity index (χ4v) is 3.24. The maximum absolute atomic E-state index is 9.53. The first-order valence-corrected chi connectivity index (χ1v) is 9.00. The van der Waals surface area contributed by atoms with Gasteiger partial charge in [-0.3, -0.25) is 5.01 Å². The second-order valence-electron chi connectivity index (χ2n) is 6.34. The summed E-state index contributed by atoms with van der Waals surface area (Å²) < 4.78 is 7.35. The number of morpholine rings is 1. The molecule has 1 saturated heterocycles. The highest BCUT2D eigenvalue weighted by Gasteiger charge is 2.20. The molecule has 1 aliphatic rings. The highest BCUT2D eigenvalue weighted by molar-refractivity contribution is 5.64. The number of ether oxygens (including phenoxy) is 1. The zero-order valence-electron chi connectivity index (χ0n) is 14.9. The van der Waals surface area contributed by atoms with Crippen molar-refractivity contribution in [3.8, 4) is 17.0 Å². The summed E-state index contributed by atoms with van der Waals surface area (Å²) in [6.07, 6.45) is 2.85. The number of aromatic nitrogens is 3. The third kappa shape index (κ3) is 3.23. The maximum Gasteiger partial charge on any atom is 0.164 e. The van der Waals surface area contributed by atoms with Gasteiger partial charge in [0.2, 0.25) is 0 Å². The lowest BCUT2D eigenvalue weighted by Crippen LogP contribution is -2.49. The summed E-state index contributed by atoms with van der Waals surface area (Å²) in [6, 6.07) is 11.1. The van der Waals surface area contributed by atoms with Crippen LogP contribution in [0.1, 0.15) is 13.3 Å². The lowest BCUT2D eigenvalue weighted by Gasteiger charge is -2.37. The largest absolute Gasteiger partial charge is 0.508 e. The van der Waals surface area contributed by atoms with Crippen molar-refractivity contribution in [2.45, 2.75) is 13.3 Å². The molecule has 1 N–H and O–H groups in total. The van der Waals surface area contributed by atoms with Gasteiger partial charge in [-0.05, 0) is 42.8 Å². The molecule has 0 aliphatic carbocycles. The predicted molar refractivity (Wildman–Crippen MR) is 100 cm³/mol. The first-order chi connectivity index (χ1) is 12.8. The van der Waals surface area contributed by atoms with Gasteiger partial charge < -0.3 is 9.84 Å². The Morgan fingerprint density at radius 2 is 1.88 bits per heavy atom. The van der Waals surface area contributed by atoms with E-state index >= 15 is 0 Å². The number of phenols is 1. The molecule has 0 bridgehead atoms. The van der Waals surface area contributed by atoms with Crippen molar-refractivity contribution in [3.63, 3.8) is 0 Å². The smallest absolute Gasteiger partial charge is 0.164 e. The topological polar surface area (TPSA) is 66.1 Å². The number of aromatic hydroxyl groups is 1. The Morgan fingerprint density at radius 1 is 1.12 bits per heavy atom. The third-order valence-electron chi connectivity index (χ3n) is 4.54. The van der Waals surface area contributed by atoms with Crippen LogP contribution in [0.5, 0.6) is 5.75 Å². The summed E-state index contributed by atoms with van der Waals surface area (Å²) in [6.45, 7) is 6.30. The average Bonchev–Trinajstić information content (AvgIpc) is 3.10. The molecule has 0 spiro atoms. The minimum Gasteiger partial charge on any atom is -0.508 e. The van der Waals surface area contributed by atoms with Crippen LogP contribution in [0, 0.1) is 0 Å². The van der Waals surface area contributed by atoms with Crippen LogP contribution in [-0.2, 0) is 4.74 Å². The van der Waals surface area contributed by atoms with E-state index in [1.54, 1.807) is 12.1 Å². The van der Waals surface area contributed by atoms with Crippen molar-refractivity contribution in [1.82, 2.24) is 19.6 Å². The minimum absolute atomic E-state index is 0.248. The molecular weight excluding hydrogens is 330 g/mol. The summed E-state index contributed by atoms with van der Waals surface area (Å²) in [7, 11) is 0. The maximum atomic E-state index is 9.53. The van der Waals surface area contributed by atoms with Gasteiger partial charge >= 0.3 is 0 Å². The standard InChI is InChI=1S/C19H23N5O2/c1-2-9-23(22-10-12-26-13-11-22)19-8-7-18-20-14-17(24(18)21-19)15-3-5-16(25)6-4-15/h3-8,14,25H,2,9-13H2,1H3. The molecule has 0 radical (unpaired) electrons. The summed E-state index contributed by atoms with van der Waals surface area (Å²) in [4.78, 5) is 4.46. The monoisotopic (exact) mass is 353 g/mol. The van der Waals surface area contributed by atoms with E-state index in [4.69, 9.17) is 9.84 Å². The van der Waals surface area contributed by atoms with Gasteiger partial charge in [-0.2, -0.15) is 0 Å². The molecule has 4 rings (SSSR count). The van der Waals surface area contributed by atoms with Gasteiger partial charge in [0.15, 0.2) is 11.5 Å². The van der Waals surface area contributed by atoms with E-state index in [1.165, 1.54) is 0 Å². The Bertz CT molecular complexity index is 871. The Kier molecular flexibility index (Phi) is 4.73. The Morgan fingerprint density at radius 3 is 2.62 bits per heavy atom. The number of hydrogen-bond acceptors (Lipinski definition) is 6. The van der Waals surface area contributed by atoms with Crippen molar-refractivity contribution in [3.05, 3.63) is 42.6 Å². The van der Waals surface area contributed by atoms with Gasteiger partial charge in [0.05, 0.1) is 25.1 Å². The fraction of sp³-hybridized carbons (Fsp3) is 0.368. The zero-order chi connectivity index (χ0) is 17.9. The molecule has 26 heavy (non-hydrogen) atoms. The van der Waals surface area contributed by atoms with Crippen LogP contribution in [0.4, 0.5) is 5.82 Å². The van der Waals surface area contributed by atoms with Crippen LogP contribution in [0.3, 0.4) is 0 Å². The predicted octanol–water partition coefficient (Wildman–Crippen LogP) is 2.57. The van der Waals surface area contributed by atoms with Crippen LogP contribution >= 0.6 is 0 Å². The van der Waals surface area contributed by atoms with Gasteiger partial charge in [0, 0.05) is 25.2 Å². The number of hydrazine groups is 1. The third-order valence-corrected chi connectivity index (χ3v) is 4.54. The van der Waals surface area contributed by atoms with E-state index in [0.717, 1.165) is 62.0 Å². The van der Waals surface area contributed by atoms with E-state index in [1.807, 2.05) is 35.0 Å². The van der Waals surface area contributed by atoms with E-state index < -0.39 is 0 Å². The summed E-state index contributed by atoms with van der Waals surface area (Å²) in [5, 5.41) is 18.9. The molecule has 1 fully saturated rings. The van der Waals surface area contributed by atoms with Crippen LogP contribution in [0.15, 0.2) is 42.6 Å². The minimum atomic E-state index is 0.248. The lowest BCUT2D eigenvalue weighted by molar-refractivity contribution is 0.0311. The summed E-state index contributed by atoms with van der Waals surface area (Å²) in [5.74, 6) is 1.15. The van der Waals surface area contributed by atoms with Crippen molar-refractivity contribution in [1.29, 1.82) is 0 Å². The van der Waals surface area contributed by atoms with Crippen molar-refractivity contribution in [2.24, 2.45) is 0 Å². The molecule has 0 amide bonds. The second kappa shape index (κ2) is 7.31. The Balaban J connectivity index is 1.73. The molecule has 1 aromatic carbocycles. The molecular formula is C19H23N5O2. The zero-order valence-corrected chi connectivity index (χ0v) is 14.9. The Labute approximate surface area is 152 Å². The highest BCUT2D eigenvalue weighted by Crippen LogP contribution is 2.24. The van der Waals surface area contributed by atoms with Crippen molar-refractivity contribution < 1.29 is 9.84 Å². The normalized spacial score (nSPS) is 15.4. The van der Waals surface area contributed by atoms with Gasteiger partial charge in [-0.15, -0.1) is 5.10 Å². The number of rotatable bonds is 5.